The molecule has 96 valence electrons. The van der Waals surface area contributed by atoms with E-state index >= 15 is 0 Å². The highest BCUT2D eigenvalue weighted by Gasteiger charge is 2.41. The Balaban J connectivity index is 1.57. The summed E-state index contributed by atoms with van der Waals surface area (Å²) in [6.45, 7) is 0. The van der Waals surface area contributed by atoms with Crippen molar-refractivity contribution >= 4 is 11.8 Å². The van der Waals surface area contributed by atoms with E-state index in [-0.39, 0.29) is 12.4 Å². The molecule has 1 aromatic rings. The molecule has 1 saturated heterocycles. The first-order valence-electron chi connectivity index (χ1n) is 6.41. The van der Waals surface area contributed by atoms with Gasteiger partial charge in [-0.05, 0) is 18.1 Å². The Morgan fingerprint density at radius 3 is 2.89 bits per heavy atom. The smallest absolute Gasteiger partial charge is 0.158 e. The highest BCUT2D eigenvalue weighted by atomic mass is 32.2. The summed E-state index contributed by atoms with van der Waals surface area (Å²) < 4.78 is 11.1. The van der Waals surface area contributed by atoms with E-state index < -0.39 is 0 Å². The largest absolute Gasteiger partial charge is 0.356 e. The molecule has 0 aromatic heterocycles. The van der Waals surface area contributed by atoms with Crippen LogP contribution in [0.3, 0.4) is 0 Å². The van der Waals surface area contributed by atoms with Crippen LogP contribution in [-0.2, 0) is 9.47 Å². The van der Waals surface area contributed by atoms with Crippen molar-refractivity contribution < 1.29 is 9.47 Å². The van der Waals surface area contributed by atoms with Gasteiger partial charge in [-0.1, -0.05) is 30.4 Å². The first kappa shape index (κ1) is 12.3. The summed E-state index contributed by atoms with van der Waals surface area (Å²) in [5.74, 6) is 2.34. The Morgan fingerprint density at radius 2 is 2.11 bits per heavy atom. The number of hydrogen-bond acceptors (Lipinski definition) is 3. The second-order valence-corrected chi connectivity index (χ2v) is 5.93. The van der Waals surface area contributed by atoms with Crippen LogP contribution in [0.4, 0.5) is 0 Å². The fraction of sp³-hybridized carbons (Fsp3) is 0.467. The van der Waals surface area contributed by atoms with Gasteiger partial charge in [-0.2, -0.15) is 0 Å². The van der Waals surface area contributed by atoms with Crippen molar-refractivity contribution in [3.63, 3.8) is 0 Å². The molecule has 3 heteroatoms. The van der Waals surface area contributed by atoms with Gasteiger partial charge in [-0.3, -0.25) is 0 Å². The molecule has 1 aromatic carbocycles. The lowest BCUT2D eigenvalue weighted by Crippen LogP contribution is -2.16. The maximum atomic E-state index is 5.80. The van der Waals surface area contributed by atoms with Crippen LogP contribution in [-0.4, -0.2) is 25.3 Å². The topological polar surface area (TPSA) is 18.5 Å². The minimum absolute atomic E-state index is 0.00539. The Labute approximate surface area is 112 Å². The summed E-state index contributed by atoms with van der Waals surface area (Å²) >= 11 is 1.93. The molecule has 3 rings (SSSR count). The molecule has 0 bridgehead atoms. The average Bonchev–Trinajstić information content (AvgIpc) is 2.97. The van der Waals surface area contributed by atoms with E-state index in [0.717, 1.165) is 12.2 Å². The summed E-state index contributed by atoms with van der Waals surface area (Å²) in [6.07, 6.45) is 5.82. The SMILES string of the molecule is COC1CC2C(CSc3ccccc3)C=CC2O1. The van der Waals surface area contributed by atoms with Crippen LogP contribution in [0.1, 0.15) is 6.42 Å². The van der Waals surface area contributed by atoms with E-state index in [9.17, 15) is 0 Å². The highest BCUT2D eigenvalue weighted by molar-refractivity contribution is 7.99. The zero-order chi connectivity index (χ0) is 12.4. The maximum Gasteiger partial charge on any atom is 0.158 e. The van der Waals surface area contributed by atoms with Crippen molar-refractivity contribution in [1.82, 2.24) is 0 Å². The molecule has 0 amide bonds. The summed E-state index contributed by atoms with van der Waals surface area (Å²) in [5, 5.41) is 0. The molecule has 2 nitrogen and oxygen atoms in total. The first-order chi connectivity index (χ1) is 8.86. The molecule has 0 radical (unpaired) electrons. The van der Waals surface area contributed by atoms with Gasteiger partial charge in [-0.25, -0.2) is 0 Å². The molecule has 1 fully saturated rings. The Kier molecular flexibility index (Phi) is 3.73. The number of rotatable bonds is 4. The van der Waals surface area contributed by atoms with Crippen molar-refractivity contribution in [2.45, 2.75) is 23.7 Å². The van der Waals surface area contributed by atoms with Gasteiger partial charge in [0.15, 0.2) is 6.29 Å². The van der Waals surface area contributed by atoms with Gasteiger partial charge in [0, 0.05) is 30.1 Å². The van der Waals surface area contributed by atoms with Crippen LogP contribution in [0.15, 0.2) is 47.4 Å². The van der Waals surface area contributed by atoms with Crippen molar-refractivity contribution in [3.05, 3.63) is 42.5 Å². The molecular formula is C15H18O2S. The van der Waals surface area contributed by atoms with Gasteiger partial charge in [0.05, 0.1) is 6.10 Å². The van der Waals surface area contributed by atoms with Gasteiger partial charge in [0.25, 0.3) is 0 Å². The molecule has 4 atom stereocenters. The third-order valence-corrected chi connectivity index (χ3v) is 4.90. The molecule has 18 heavy (non-hydrogen) atoms. The first-order valence-corrected chi connectivity index (χ1v) is 7.40. The van der Waals surface area contributed by atoms with E-state index in [1.807, 2.05) is 11.8 Å². The van der Waals surface area contributed by atoms with E-state index in [1.165, 1.54) is 4.90 Å². The molecule has 4 unspecified atom stereocenters. The number of allylic oxidation sites excluding steroid dienone is 1. The molecule has 2 aliphatic rings. The third-order valence-electron chi connectivity index (χ3n) is 3.74. The van der Waals surface area contributed by atoms with Gasteiger partial charge < -0.3 is 9.47 Å². The highest BCUT2D eigenvalue weighted by Crippen LogP contribution is 2.41. The Morgan fingerprint density at radius 1 is 1.28 bits per heavy atom. The van der Waals surface area contributed by atoms with Crippen LogP contribution < -0.4 is 0 Å². The zero-order valence-corrected chi connectivity index (χ0v) is 11.3. The van der Waals surface area contributed by atoms with E-state index in [4.69, 9.17) is 9.47 Å². The lowest BCUT2D eigenvalue weighted by atomic mass is 9.94. The Hall–Kier alpha value is -0.770. The minimum atomic E-state index is -0.00539. The van der Waals surface area contributed by atoms with Gasteiger partial charge in [-0.15, -0.1) is 11.8 Å². The number of thioether (sulfide) groups is 1. The van der Waals surface area contributed by atoms with Crippen LogP contribution in [0.25, 0.3) is 0 Å². The fourth-order valence-electron chi connectivity index (χ4n) is 2.73. The number of hydrogen-bond donors (Lipinski definition) is 0. The molecule has 0 N–H and O–H groups in total. The summed E-state index contributed by atoms with van der Waals surface area (Å²) in [5.41, 5.74) is 0. The van der Waals surface area contributed by atoms with Crippen LogP contribution in [0.2, 0.25) is 0 Å². The minimum Gasteiger partial charge on any atom is -0.356 e. The van der Waals surface area contributed by atoms with Crippen molar-refractivity contribution in [2.24, 2.45) is 11.8 Å². The summed E-state index contributed by atoms with van der Waals surface area (Å²) in [4.78, 5) is 1.34. The third kappa shape index (κ3) is 2.48. The summed E-state index contributed by atoms with van der Waals surface area (Å²) in [6, 6.07) is 10.6. The molecule has 0 spiro atoms. The summed E-state index contributed by atoms with van der Waals surface area (Å²) in [7, 11) is 1.73. The van der Waals surface area contributed by atoms with Gasteiger partial charge in [0.2, 0.25) is 0 Å². The monoisotopic (exact) mass is 262 g/mol. The molecule has 1 heterocycles. The van der Waals surface area contributed by atoms with Gasteiger partial charge in [0.1, 0.15) is 0 Å². The lowest BCUT2D eigenvalue weighted by Gasteiger charge is -2.16. The maximum absolute atomic E-state index is 5.80. The fourth-order valence-corrected chi connectivity index (χ4v) is 3.82. The number of benzene rings is 1. The van der Waals surface area contributed by atoms with E-state index in [2.05, 4.69) is 42.5 Å². The normalized spacial score (nSPS) is 33.8. The number of fused-ring (bicyclic) bond motifs is 1. The number of methoxy groups -OCH3 is 1. The molecule has 0 saturated carbocycles. The van der Waals surface area contributed by atoms with Crippen LogP contribution >= 0.6 is 11.8 Å². The van der Waals surface area contributed by atoms with E-state index in [1.54, 1.807) is 7.11 Å². The lowest BCUT2D eigenvalue weighted by molar-refractivity contribution is -0.104. The predicted octanol–water partition coefficient (Wildman–Crippen LogP) is 3.34. The quantitative estimate of drug-likeness (QED) is 0.612. The predicted molar refractivity (Wildman–Crippen MR) is 73.6 cm³/mol. The standard InChI is InChI=1S/C15H18O2S/c1-16-15-9-13-11(7-8-14(13)17-15)10-18-12-5-3-2-4-6-12/h2-8,11,13-15H,9-10H2,1H3. The number of ether oxygens (including phenoxy) is 2. The van der Waals surface area contributed by atoms with E-state index in [0.29, 0.717) is 11.8 Å². The van der Waals surface area contributed by atoms with Gasteiger partial charge >= 0.3 is 0 Å². The van der Waals surface area contributed by atoms with Crippen molar-refractivity contribution in [1.29, 1.82) is 0 Å². The van der Waals surface area contributed by atoms with Crippen molar-refractivity contribution in [3.8, 4) is 0 Å². The van der Waals surface area contributed by atoms with Crippen LogP contribution in [0, 0.1) is 11.8 Å². The Bertz CT molecular complexity index is 418. The van der Waals surface area contributed by atoms with Crippen LogP contribution in [0.5, 0.6) is 0 Å². The second-order valence-electron chi connectivity index (χ2n) is 4.84. The second kappa shape index (κ2) is 5.47. The molecular weight excluding hydrogens is 244 g/mol. The van der Waals surface area contributed by atoms with Crippen molar-refractivity contribution in [2.75, 3.05) is 12.9 Å². The molecule has 1 aliphatic carbocycles. The average molecular weight is 262 g/mol. The molecule has 1 aliphatic heterocycles. The zero-order valence-electron chi connectivity index (χ0n) is 10.5.